The Balaban J connectivity index is 1.93. The summed E-state index contributed by atoms with van der Waals surface area (Å²) in [5, 5.41) is 2.89. The van der Waals surface area contributed by atoms with Crippen LogP contribution in [0.4, 0.5) is 11.4 Å². The zero-order valence-corrected chi connectivity index (χ0v) is 16.6. The van der Waals surface area contributed by atoms with E-state index in [1.165, 1.54) is 0 Å². The van der Waals surface area contributed by atoms with Crippen molar-refractivity contribution in [2.24, 2.45) is 5.41 Å². The number of carbonyl (C=O) groups excluding carboxylic acids is 2. The van der Waals surface area contributed by atoms with Crippen LogP contribution in [-0.2, 0) is 4.79 Å². The average Bonchev–Trinajstić information content (AvgIpc) is 2.70. The molecule has 0 fully saturated rings. The van der Waals surface area contributed by atoms with Gasteiger partial charge in [0.2, 0.25) is 5.91 Å². The number of benzene rings is 2. The van der Waals surface area contributed by atoms with E-state index >= 15 is 0 Å². The fraction of sp³-hybridized carbons (Fsp3) is 0.300. The van der Waals surface area contributed by atoms with Crippen LogP contribution in [0, 0.1) is 5.41 Å². The van der Waals surface area contributed by atoms with Crippen LogP contribution in [0.2, 0.25) is 0 Å². The van der Waals surface area contributed by atoms with Crippen molar-refractivity contribution in [1.29, 1.82) is 0 Å². The second-order valence-corrected chi connectivity index (χ2v) is 7.69. The molecule has 136 valence electrons. The molecule has 26 heavy (non-hydrogen) atoms. The van der Waals surface area contributed by atoms with Crippen LogP contribution in [0.1, 0.15) is 31.1 Å². The molecule has 0 bridgehead atoms. The standard InChI is InChI=1S/C20H21BrN2O3/c1-4-23-16-11-13(22-18(24)14-7-5-6-8-15(14)21)9-10-17(16)26-12-20(2,3)19(23)25/h5-11H,4,12H2,1-3H3,(H,22,24). The second kappa shape index (κ2) is 7.11. The van der Waals surface area contributed by atoms with Gasteiger partial charge in [0.25, 0.3) is 5.91 Å². The summed E-state index contributed by atoms with van der Waals surface area (Å²) in [6, 6.07) is 12.6. The third kappa shape index (κ3) is 3.46. The molecule has 0 radical (unpaired) electrons. The van der Waals surface area contributed by atoms with Gasteiger partial charge in [-0.15, -0.1) is 0 Å². The molecule has 2 aromatic rings. The van der Waals surface area contributed by atoms with Gasteiger partial charge in [0.1, 0.15) is 12.4 Å². The van der Waals surface area contributed by atoms with Crippen molar-refractivity contribution in [3.63, 3.8) is 0 Å². The van der Waals surface area contributed by atoms with Gasteiger partial charge < -0.3 is 15.0 Å². The number of nitrogens with zero attached hydrogens (tertiary/aromatic N) is 1. The molecule has 1 aliphatic rings. The van der Waals surface area contributed by atoms with Crippen molar-refractivity contribution in [3.05, 3.63) is 52.5 Å². The lowest BCUT2D eigenvalue weighted by Crippen LogP contribution is -2.42. The van der Waals surface area contributed by atoms with Crippen molar-refractivity contribution >= 4 is 39.1 Å². The third-order valence-electron chi connectivity index (χ3n) is 4.35. The summed E-state index contributed by atoms with van der Waals surface area (Å²) in [6.45, 7) is 6.52. The topological polar surface area (TPSA) is 58.6 Å². The lowest BCUT2D eigenvalue weighted by Gasteiger charge is -2.27. The highest BCUT2D eigenvalue weighted by Crippen LogP contribution is 2.38. The van der Waals surface area contributed by atoms with E-state index in [1.807, 2.05) is 39.0 Å². The Bertz CT molecular complexity index is 864. The first-order chi connectivity index (χ1) is 12.3. The summed E-state index contributed by atoms with van der Waals surface area (Å²) in [7, 11) is 0. The van der Waals surface area contributed by atoms with Crippen molar-refractivity contribution in [3.8, 4) is 5.75 Å². The third-order valence-corrected chi connectivity index (χ3v) is 5.05. The Hall–Kier alpha value is -2.34. The monoisotopic (exact) mass is 416 g/mol. The lowest BCUT2D eigenvalue weighted by molar-refractivity contribution is -0.127. The number of rotatable bonds is 3. The molecular formula is C20H21BrN2O3. The van der Waals surface area contributed by atoms with Gasteiger partial charge in [0.15, 0.2) is 0 Å². The van der Waals surface area contributed by atoms with Gasteiger partial charge in [-0.05, 0) is 67.0 Å². The Morgan fingerprint density at radius 2 is 2.00 bits per heavy atom. The number of fused-ring (bicyclic) bond motifs is 1. The smallest absolute Gasteiger partial charge is 0.256 e. The van der Waals surface area contributed by atoms with Gasteiger partial charge >= 0.3 is 0 Å². The molecule has 0 spiro atoms. The minimum absolute atomic E-state index is 0.00744. The molecule has 5 nitrogen and oxygen atoms in total. The number of amides is 2. The SMILES string of the molecule is CCN1C(=O)C(C)(C)COc2ccc(NC(=O)c3ccccc3Br)cc21. The second-order valence-electron chi connectivity index (χ2n) is 6.84. The summed E-state index contributed by atoms with van der Waals surface area (Å²) < 4.78 is 6.57. The summed E-state index contributed by atoms with van der Waals surface area (Å²) in [5.41, 5.74) is 1.23. The molecule has 0 unspecified atom stereocenters. The molecule has 0 aliphatic carbocycles. The summed E-state index contributed by atoms with van der Waals surface area (Å²) in [4.78, 5) is 27.1. The first-order valence-electron chi connectivity index (χ1n) is 8.48. The van der Waals surface area contributed by atoms with Crippen LogP contribution in [0.15, 0.2) is 46.9 Å². The highest BCUT2D eigenvalue weighted by Gasteiger charge is 2.37. The van der Waals surface area contributed by atoms with Gasteiger partial charge in [-0.3, -0.25) is 9.59 Å². The maximum absolute atomic E-state index is 12.8. The number of nitrogens with one attached hydrogen (secondary N) is 1. The molecule has 1 aliphatic heterocycles. The minimum atomic E-state index is -0.604. The molecule has 3 rings (SSSR count). The Kier molecular flexibility index (Phi) is 5.05. The van der Waals surface area contributed by atoms with Gasteiger partial charge in [-0.2, -0.15) is 0 Å². The minimum Gasteiger partial charge on any atom is -0.490 e. The van der Waals surface area contributed by atoms with Gasteiger partial charge in [0, 0.05) is 16.7 Å². The van der Waals surface area contributed by atoms with Gasteiger partial charge in [0.05, 0.1) is 16.7 Å². The first kappa shape index (κ1) is 18.5. The normalized spacial score (nSPS) is 15.7. The lowest BCUT2D eigenvalue weighted by atomic mass is 9.93. The predicted molar refractivity (Wildman–Crippen MR) is 106 cm³/mol. The van der Waals surface area contributed by atoms with E-state index in [0.717, 1.165) is 4.47 Å². The van der Waals surface area contributed by atoms with Crippen molar-refractivity contribution in [1.82, 2.24) is 0 Å². The Morgan fingerprint density at radius 3 is 2.69 bits per heavy atom. The van der Waals surface area contributed by atoms with Crippen LogP contribution < -0.4 is 15.0 Å². The van der Waals surface area contributed by atoms with Crippen LogP contribution in [0.25, 0.3) is 0 Å². The maximum Gasteiger partial charge on any atom is 0.256 e. The number of anilines is 2. The van der Waals surface area contributed by atoms with Crippen molar-refractivity contribution in [2.45, 2.75) is 20.8 Å². The molecule has 2 aromatic carbocycles. The average molecular weight is 417 g/mol. The fourth-order valence-corrected chi connectivity index (χ4v) is 3.35. The molecule has 0 aromatic heterocycles. The van der Waals surface area contributed by atoms with E-state index in [-0.39, 0.29) is 11.8 Å². The first-order valence-corrected chi connectivity index (χ1v) is 9.27. The largest absolute Gasteiger partial charge is 0.490 e. The molecule has 0 atom stereocenters. The zero-order valence-electron chi connectivity index (χ0n) is 15.0. The Labute approximate surface area is 161 Å². The number of halogens is 1. The number of ether oxygens (including phenoxy) is 1. The fourth-order valence-electron chi connectivity index (χ4n) is 2.88. The zero-order chi connectivity index (χ0) is 18.9. The molecule has 1 heterocycles. The van der Waals surface area contributed by atoms with E-state index < -0.39 is 5.41 Å². The predicted octanol–water partition coefficient (Wildman–Crippen LogP) is 4.47. The van der Waals surface area contributed by atoms with Crippen molar-refractivity contribution < 1.29 is 14.3 Å². The molecule has 1 N–H and O–H groups in total. The van der Waals surface area contributed by atoms with E-state index in [4.69, 9.17) is 4.74 Å². The highest BCUT2D eigenvalue weighted by molar-refractivity contribution is 9.10. The molecule has 2 amide bonds. The molecule has 6 heteroatoms. The van der Waals surface area contributed by atoms with E-state index in [2.05, 4.69) is 21.2 Å². The number of hydrogen-bond donors (Lipinski definition) is 1. The van der Waals surface area contributed by atoms with Crippen LogP contribution in [0.3, 0.4) is 0 Å². The van der Waals surface area contributed by atoms with Crippen LogP contribution >= 0.6 is 15.9 Å². The molecule has 0 saturated carbocycles. The van der Waals surface area contributed by atoms with Gasteiger partial charge in [-0.25, -0.2) is 0 Å². The van der Waals surface area contributed by atoms with Crippen LogP contribution in [0.5, 0.6) is 5.75 Å². The van der Waals surface area contributed by atoms with E-state index in [0.29, 0.717) is 35.8 Å². The quantitative estimate of drug-likeness (QED) is 0.802. The Morgan fingerprint density at radius 1 is 1.27 bits per heavy atom. The van der Waals surface area contributed by atoms with Crippen LogP contribution in [-0.4, -0.2) is 25.0 Å². The number of carbonyl (C=O) groups is 2. The summed E-state index contributed by atoms with van der Waals surface area (Å²) in [5.74, 6) is 0.430. The van der Waals surface area contributed by atoms with Gasteiger partial charge in [-0.1, -0.05) is 12.1 Å². The highest BCUT2D eigenvalue weighted by atomic mass is 79.9. The van der Waals surface area contributed by atoms with E-state index in [9.17, 15) is 9.59 Å². The molecular weight excluding hydrogens is 396 g/mol. The van der Waals surface area contributed by atoms with Crippen molar-refractivity contribution in [2.75, 3.05) is 23.4 Å². The van der Waals surface area contributed by atoms with E-state index in [1.54, 1.807) is 29.2 Å². The molecule has 0 saturated heterocycles. The number of hydrogen-bond acceptors (Lipinski definition) is 3. The maximum atomic E-state index is 12.8. The summed E-state index contributed by atoms with van der Waals surface area (Å²) >= 11 is 3.39. The summed E-state index contributed by atoms with van der Waals surface area (Å²) in [6.07, 6.45) is 0.